The van der Waals surface area contributed by atoms with E-state index in [-0.39, 0.29) is 17.2 Å². The molecule has 2 aliphatic rings. The molecule has 0 aromatic heterocycles. The summed E-state index contributed by atoms with van der Waals surface area (Å²) in [5.41, 5.74) is 0.455. The highest BCUT2D eigenvalue weighted by atomic mass is 35.5. The van der Waals surface area contributed by atoms with Gasteiger partial charge < -0.3 is 14.6 Å². The van der Waals surface area contributed by atoms with Crippen LogP contribution in [-0.2, 0) is 14.3 Å². The maximum absolute atomic E-state index is 12.5. The lowest BCUT2D eigenvalue weighted by molar-refractivity contribution is -0.137. The van der Waals surface area contributed by atoms with E-state index in [1.54, 1.807) is 6.08 Å². The zero-order valence-corrected chi connectivity index (χ0v) is 17.3. The van der Waals surface area contributed by atoms with Crippen LogP contribution in [0, 0.1) is 11.8 Å². The number of allylic oxidation sites excluding steroid dienone is 6. The molecule has 0 amide bonds. The van der Waals surface area contributed by atoms with Crippen molar-refractivity contribution < 1.29 is 19.4 Å². The Labute approximate surface area is 165 Å². The van der Waals surface area contributed by atoms with Gasteiger partial charge in [-0.3, -0.25) is 4.79 Å². The van der Waals surface area contributed by atoms with Gasteiger partial charge in [0.2, 0.25) is 5.78 Å². The molecule has 1 aliphatic heterocycles. The van der Waals surface area contributed by atoms with Gasteiger partial charge in [-0.15, -0.1) is 0 Å². The summed E-state index contributed by atoms with van der Waals surface area (Å²) in [5.74, 6) is -0.345. The Kier molecular flexibility index (Phi) is 6.66. The second-order valence-electron chi connectivity index (χ2n) is 7.53. The van der Waals surface area contributed by atoms with Crippen molar-refractivity contribution in [3.05, 3.63) is 58.1 Å². The van der Waals surface area contributed by atoms with Gasteiger partial charge in [0.25, 0.3) is 0 Å². The first kappa shape index (κ1) is 21.4. The number of carbonyl (C=O) groups is 2. The van der Waals surface area contributed by atoms with Gasteiger partial charge in [0.15, 0.2) is 0 Å². The van der Waals surface area contributed by atoms with E-state index >= 15 is 0 Å². The van der Waals surface area contributed by atoms with Crippen LogP contribution < -0.4 is 0 Å². The van der Waals surface area contributed by atoms with Crippen LogP contribution in [0.1, 0.15) is 47.5 Å². The monoisotopic (exact) mass is 390 g/mol. The predicted molar refractivity (Wildman–Crippen MR) is 107 cm³/mol. The number of ether oxygens (including phenoxy) is 1. The van der Waals surface area contributed by atoms with Crippen molar-refractivity contribution in [2.75, 3.05) is 0 Å². The third-order valence-electron chi connectivity index (χ3n) is 5.06. The molecule has 1 N–H and O–H groups in total. The largest absolute Gasteiger partial charge is 0.465 e. The topological polar surface area (TPSA) is 63.6 Å². The summed E-state index contributed by atoms with van der Waals surface area (Å²) >= 11 is 6.25. The zero-order valence-electron chi connectivity index (χ0n) is 16.5. The van der Waals surface area contributed by atoms with Crippen LogP contribution in [0.4, 0.5) is 0 Å². The molecule has 5 heteroatoms. The normalized spacial score (nSPS) is 27.1. The van der Waals surface area contributed by atoms with Crippen molar-refractivity contribution in [2.24, 2.45) is 11.8 Å². The molecule has 0 aromatic carbocycles. The second kappa shape index (κ2) is 8.41. The molecule has 27 heavy (non-hydrogen) atoms. The minimum absolute atomic E-state index is 0.0351. The third kappa shape index (κ3) is 4.69. The lowest BCUT2D eigenvalue weighted by atomic mass is 9.70. The van der Waals surface area contributed by atoms with Gasteiger partial charge in [-0.05, 0) is 38.8 Å². The number of ketones is 2. The summed E-state index contributed by atoms with van der Waals surface area (Å²) < 4.78 is 5.68. The maximum atomic E-state index is 12.5. The molecular weight excluding hydrogens is 364 g/mol. The Hall–Kier alpha value is -1.91. The first-order valence-corrected chi connectivity index (χ1v) is 9.57. The average Bonchev–Trinajstić information content (AvgIpc) is 2.61. The van der Waals surface area contributed by atoms with Gasteiger partial charge in [-0.1, -0.05) is 49.6 Å². The van der Waals surface area contributed by atoms with Crippen molar-refractivity contribution in [3.8, 4) is 0 Å². The number of carbonyl (C=O) groups excluding carboxylic acids is 2. The fourth-order valence-corrected chi connectivity index (χ4v) is 3.59. The number of rotatable bonds is 6. The molecule has 1 aliphatic carbocycles. The molecule has 0 radical (unpaired) electrons. The summed E-state index contributed by atoms with van der Waals surface area (Å²) in [4.78, 5) is 24.2. The van der Waals surface area contributed by atoms with Gasteiger partial charge in [0.05, 0.1) is 11.3 Å². The maximum Gasteiger partial charge on any atom is 0.206 e. The fraction of sp³-hybridized carbons (Fsp3) is 0.455. The molecule has 2 rings (SSSR count). The number of aliphatic hydroxyl groups is 1. The molecule has 3 unspecified atom stereocenters. The molecule has 0 saturated heterocycles. The molecule has 0 bridgehead atoms. The van der Waals surface area contributed by atoms with Gasteiger partial charge in [-0.2, -0.15) is 0 Å². The Bertz CT molecular complexity index is 793. The SMILES string of the molecule is CCC(C)C=C(C)/C=C/C1=CC2=C(Cl)C(=O)C(C)(O)C(CC(C)=O)C2=CO1. The molecule has 4 nitrogen and oxygen atoms in total. The summed E-state index contributed by atoms with van der Waals surface area (Å²) in [7, 11) is 0. The quantitative estimate of drug-likeness (QED) is 0.664. The van der Waals surface area contributed by atoms with E-state index in [4.69, 9.17) is 16.3 Å². The number of Topliss-reactive ketones (excluding diaryl/α,β-unsaturated/α-hetero) is 2. The van der Waals surface area contributed by atoms with Crippen LogP contribution in [-0.4, -0.2) is 22.3 Å². The van der Waals surface area contributed by atoms with Gasteiger partial charge in [-0.25, -0.2) is 0 Å². The minimum Gasteiger partial charge on any atom is -0.465 e. The molecule has 146 valence electrons. The van der Waals surface area contributed by atoms with Crippen LogP contribution in [0.2, 0.25) is 0 Å². The van der Waals surface area contributed by atoms with E-state index in [9.17, 15) is 14.7 Å². The van der Waals surface area contributed by atoms with Crippen molar-refractivity contribution in [1.82, 2.24) is 0 Å². The summed E-state index contributed by atoms with van der Waals surface area (Å²) in [5, 5.41) is 10.6. The highest BCUT2D eigenvalue weighted by Gasteiger charge is 2.48. The van der Waals surface area contributed by atoms with Gasteiger partial charge in [0.1, 0.15) is 17.1 Å². The van der Waals surface area contributed by atoms with E-state index < -0.39 is 17.3 Å². The standard InChI is InChI=1S/C22H27ClO4/c1-6-13(2)9-14(3)7-8-16-11-17-18(12-27-16)19(10-15(4)24)22(5,26)21(25)20(17)23/h7-9,11-13,19,26H,6,10H2,1-5H3/b8-7+,14-9?. The number of hydrogen-bond acceptors (Lipinski definition) is 4. The van der Waals surface area contributed by atoms with Crippen LogP contribution in [0.15, 0.2) is 58.1 Å². The van der Waals surface area contributed by atoms with E-state index in [1.807, 2.05) is 19.1 Å². The summed E-state index contributed by atoms with van der Waals surface area (Å²) in [6.07, 6.45) is 10.2. The Balaban J connectivity index is 2.36. The van der Waals surface area contributed by atoms with Crippen molar-refractivity contribution in [2.45, 2.75) is 53.1 Å². The summed E-state index contributed by atoms with van der Waals surface area (Å²) in [6, 6.07) is 0. The molecule has 0 aromatic rings. The minimum atomic E-state index is -1.74. The summed E-state index contributed by atoms with van der Waals surface area (Å²) in [6.45, 7) is 9.13. The van der Waals surface area contributed by atoms with Crippen molar-refractivity contribution in [3.63, 3.8) is 0 Å². The first-order chi connectivity index (χ1) is 12.6. The number of halogens is 1. The second-order valence-corrected chi connectivity index (χ2v) is 7.91. The van der Waals surface area contributed by atoms with Crippen LogP contribution in [0.3, 0.4) is 0 Å². The Morgan fingerprint density at radius 2 is 2.11 bits per heavy atom. The molecule has 0 fully saturated rings. The van der Waals surface area contributed by atoms with E-state index in [0.717, 1.165) is 12.0 Å². The average molecular weight is 391 g/mol. The Morgan fingerprint density at radius 3 is 2.70 bits per heavy atom. The molecular formula is C22H27ClO4. The zero-order chi connectivity index (χ0) is 20.4. The Morgan fingerprint density at radius 1 is 1.44 bits per heavy atom. The molecule has 1 heterocycles. The van der Waals surface area contributed by atoms with Crippen molar-refractivity contribution in [1.29, 1.82) is 0 Å². The predicted octanol–water partition coefficient (Wildman–Crippen LogP) is 4.75. The molecule has 3 atom stereocenters. The van der Waals surface area contributed by atoms with Crippen molar-refractivity contribution >= 4 is 23.2 Å². The lowest BCUT2D eigenvalue weighted by Crippen LogP contribution is -2.48. The molecule has 0 spiro atoms. The highest BCUT2D eigenvalue weighted by molar-refractivity contribution is 6.45. The smallest absolute Gasteiger partial charge is 0.206 e. The number of fused-ring (bicyclic) bond motifs is 1. The van der Waals surface area contributed by atoms with E-state index in [2.05, 4.69) is 19.9 Å². The highest BCUT2D eigenvalue weighted by Crippen LogP contribution is 2.44. The molecule has 0 saturated carbocycles. The van der Waals surface area contributed by atoms with Crippen LogP contribution in [0.5, 0.6) is 0 Å². The van der Waals surface area contributed by atoms with Crippen LogP contribution >= 0.6 is 11.6 Å². The fourth-order valence-electron chi connectivity index (χ4n) is 3.24. The van der Waals surface area contributed by atoms with E-state index in [0.29, 0.717) is 22.8 Å². The number of hydrogen-bond donors (Lipinski definition) is 1. The first-order valence-electron chi connectivity index (χ1n) is 9.19. The lowest BCUT2D eigenvalue weighted by Gasteiger charge is -2.38. The van der Waals surface area contributed by atoms with Gasteiger partial charge in [0, 0.05) is 23.5 Å². The van der Waals surface area contributed by atoms with Crippen LogP contribution in [0.25, 0.3) is 0 Å². The van der Waals surface area contributed by atoms with Gasteiger partial charge >= 0.3 is 0 Å². The van der Waals surface area contributed by atoms with E-state index in [1.165, 1.54) is 20.1 Å². The third-order valence-corrected chi connectivity index (χ3v) is 5.44.